The third-order valence-electron chi connectivity index (χ3n) is 3.97. The van der Waals surface area contributed by atoms with Crippen molar-refractivity contribution < 1.29 is 4.79 Å². The number of thioether (sulfide) groups is 1. The van der Waals surface area contributed by atoms with Gasteiger partial charge in [-0.25, -0.2) is 4.98 Å². The lowest BCUT2D eigenvalue weighted by atomic mass is 10.1. The summed E-state index contributed by atoms with van der Waals surface area (Å²) in [6, 6.07) is 16.2. The van der Waals surface area contributed by atoms with E-state index in [4.69, 9.17) is 11.6 Å². The van der Waals surface area contributed by atoms with Gasteiger partial charge in [0, 0.05) is 22.3 Å². The Hall–Kier alpha value is -2.57. The van der Waals surface area contributed by atoms with Gasteiger partial charge in [-0.15, -0.1) is 0 Å². The van der Waals surface area contributed by atoms with Crippen LogP contribution < -0.4 is 10.9 Å². The Bertz CT molecular complexity index is 1020. The van der Waals surface area contributed by atoms with Crippen molar-refractivity contribution in [2.24, 2.45) is 0 Å². The minimum Gasteiger partial charge on any atom is -0.325 e. The Kier molecular flexibility index (Phi) is 5.98. The second-order valence-electron chi connectivity index (χ2n) is 5.96. The predicted octanol–water partition coefficient (Wildman–Crippen LogP) is 4.52. The molecule has 0 spiro atoms. The zero-order valence-electron chi connectivity index (χ0n) is 14.8. The molecule has 0 saturated heterocycles. The molecule has 0 aliphatic carbocycles. The van der Waals surface area contributed by atoms with Crippen LogP contribution in [0.3, 0.4) is 0 Å². The van der Waals surface area contributed by atoms with E-state index in [9.17, 15) is 9.59 Å². The van der Waals surface area contributed by atoms with Crippen molar-refractivity contribution >= 4 is 35.0 Å². The van der Waals surface area contributed by atoms with E-state index >= 15 is 0 Å². The first-order valence-electron chi connectivity index (χ1n) is 8.33. The number of nitrogens with zero attached hydrogens (tertiary/aromatic N) is 1. The van der Waals surface area contributed by atoms with Crippen molar-refractivity contribution in [2.75, 3.05) is 5.32 Å². The van der Waals surface area contributed by atoms with Gasteiger partial charge in [0.1, 0.15) is 0 Å². The average molecular weight is 400 g/mol. The molecular weight excluding hydrogens is 382 g/mol. The number of H-pyrrole nitrogens is 1. The molecular formula is C20H18ClN3O2S. The van der Waals surface area contributed by atoms with Gasteiger partial charge in [-0.1, -0.05) is 59.8 Å². The summed E-state index contributed by atoms with van der Waals surface area (Å²) < 4.78 is 0. The fraction of sp³-hybridized carbons (Fsp3) is 0.150. The van der Waals surface area contributed by atoms with Crippen LogP contribution in [0.4, 0.5) is 5.69 Å². The van der Waals surface area contributed by atoms with Crippen molar-refractivity contribution in [1.82, 2.24) is 9.97 Å². The second kappa shape index (κ2) is 8.41. The number of carbonyl (C=O) groups is 1. The summed E-state index contributed by atoms with van der Waals surface area (Å²) in [4.78, 5) is 31.7. The summed E-state index contributed by atoms with van der Waals surface area (Å²) in [6.45, 7) is 3.60. The number of halogens is 1. The molecule has 2 N–H and O–H groups in total. The fourth-order valence-electron chi connectivity index (χ4n) is 2.45. The number of hydrogen-bond acceptors (Lipinski definition) is 4. The van der Waals surface area contributed by atoms with Gasteiger partial charge in [-0.2, -0.15) is 0 Å². The molecule has 138 valence electrons. The van der Waals surface area contributed by atoms with Gasteiger partial charge in [0.05, 0.1) is 10.9 Å². The zero-order valence-corrected chi connectivity index (χ0v) is 16.4. The van der Waals surface area contributed by atoms with Crippen molar-refractivity contribution in [2.45, 2.75) is 24.3 Å². The predicted molar refractivity (Wildman–Crippen MR) is 110 cm³/mol. The highest BCUT2D eigenvalue weighted by Gasteiger charge is 2.18. The van der Waals surface area contributed by atoms with Crippen molar-refractivity contribution in [3.05, 3.63) is 75.5 Å². The fourth-order valence-corrected chi connectivity index (χ4v) is 3.43. The highest BCUT2D eigenvalue weighted by atomic mass is 35.5. The lowest BCUT2D eigenvalue weighted by Crippen LogP contribution is -2.23. The molecule has 27 heavy (non-hydrogen) atoms. The zero-order chi connectivity index (χ0) is 19.4. The number of carbonyl (C=O) groups excluding carboxylic acids is 1. The Morgan fingerprint density at radius 2 is 1.93 bits per heavy atom. The number of aromatic amines is 1. The van der Waals surface area contributed by atoms with E-state index in [1.165, 1.54) is 17.8 Å². The molecule has 1 aromatic heterocycles. The number of aromatic nitrogens is 2. The Morgan fingerprint density at radius 3 is 2.67 bits per heavy atom. The number of anilines is 1. The number of nitrogens with one attached hydrogen (secondary N) is 2. The van der Waals surface area contributed by atoms with Gasteiger partial charge in [0.2, 0.25) is 5.91 Å². The molecule has 0 aliphatic heterocycles. The van der Waals surface area contributed by atoms with E-state index in [-0.39, 0.29) is 11.5 Å². The highest BCUT2D eigenvalue weighted by molar-refractivity contribution is 8.00. The van der Waals surface area contributed by atoms with Gasteiger partial charge in [-0.3, -0.25) is 9.59 Å². The van der Waals surface area contributed by atoms with Crippen LogP contribution in [0.25, 0.3) is 11.3 Å². The topological polar surface area (TPSA) is 74.8 Å². The largest absolute Gasteiger partial charge is 0.325 e. The number of benzene rings is 2. The van der Waals surface area contributed by atoms with Crippen molar-refractivity contribution in [3.63, 3.8) is 0 Å². The number of amides is 1. The molecule has 0 radical (unpaired) electrons. The maximum atomic E-state index is 12.5. The summed E-state index contributed by atoms with van der Waals surface area (Å²) in [5.41, 5.74) is 2.63. The summed E-state index contributed by atoms with van der Waals surface area (Å²) >= 11 is 7.29. The van der Waals surface area contributed by atoms with Gasteiger partial charge in [0.25, 0.3) is 5.56 Å². The summed E-state index contributed by atoms with van der Waals surface area (Å²) in [5, 5.41) is 3.39. The van der Waals surface area contributed by atoms with E-state index in [0.29, 0.717) is 21.6 Å². The first-order valence-corrected chi connectivity index (χ1v) is 9.59. The maximum absolute atomic E-state index is 12.5. The van der Waals surface area contributed by atoms with Crippen LogP contribution >= 0.6 is 23.4 Å². The number of hydrogen-bond donors (Lipinski definition) is 2. The molecule has 1 amide bonds. The van der Waals surface area contributed by atoms with Crippen LogP contribution in [0.2, 0.25) is 5.02 Å². The van der Waals surface area contributed by atoms with Crippen molar-refractivity contribution in [3.8, 4) is 11.3 Å². The molecule has 0 saturated carbocycles. The van der Waals surface area contributed by atoms with Crippen molar-refractivity contribution in [1.29, 1.82) is 0 Å². The molecule has 0 unspecified atom stereocenters. The SMILES string of the molecule is Cc1c(Cl)cccc1NC(=O)[C@H](C)Sc1nc(-c2ccccc2)cc(=O)[nH]1. The van der Waals surface area contributed by atoms with Crippen LogP contribution in [0.15, 0.2) is 64.5 Å². The van der Waals surface area contributed by atoms with Gasteiger partial charge in [0.15, 0.2) is 5.16 Å². The van der Waals surface area contributed by atoms with Crippen LogP contribution in [-0.4, -0.2) is 21.1 Å². The normalized spacial score (nSPS) is 11.8. The first kappa shape index (κ1) is 19.2. The van der Waals surface area contributed by atoms with E-state index in [2.05, 4.69) is 15.3 Å². The minimum atomic E-state index is -0.461. The lowest BCUT2D eigenvalue weighted by molar-refractivity contribution is -0.115. The minimum absolute atomic E-state index is 0.196. The molecule has 1 heterocycles. The third kappa shape index (κ3) is 4.78. The van der Waals surface area contributed by atoms with Gasteiger partial charge in [-0.05, 0) is 31.5 Å². The summed E-state index contributed by atoms with van der Waals surface area (Å²) in [5.74, 6) is -0.196. The highest BCUT2D eigenvalue weighted by Crippen LogP contribution is 2.26. The number of rotatable bonds is 5. The molecule has 3 aromatic rings. The smallest absolute Gasteiger partial charge is 0.252 e. The van der Waals surface area contributed by atoms with E-state index in [1.807, 2.05) is 37.3 Å². The Balaban J connectivity index is 1.76. The average Bonchev–Trinajstić information content (AvgIpc) is 2.65. The molecule has 5 nitrogen and oxygen atoms in total. The molecule has 3 rings (SSSR count). The second-order valence-corrected chi connectivity index (χ2v) is 7.70. The molecule has 0 fully saturated rings. The molecule has 1 atom stereocenters. The van der Waals surface area contributed by atoms with E-state index in [0.717, 1.165) is 11.1 Å². The van der Waals surface area contributed by atoms with Gasteiger partial charge >= 0.3 is 0 Å². The van der Waals surface area contributed by atoms with Crippen LogP contribution in [0.1, 0.15) is 12.5 Å². The standard InChI is InChI=1S/C20H18ClN3O2S/c1-12-15(21)9-6-10-16(12)22-19(26)13(2)27-20-23-17(11-18(25)24-20)14-7-4-3-5-8-14/h3-11,13H,1-2H3,(H,22,26)(H,23,24,25)/t13-/m0/s1. The monoisotopic (exact) mass is 399 g/mol. The summed E-state index contributed by atoms with van der Waals surface area (Å²) in [6.07, 6.45) is 0. The third-order valence-corrected chi connectivity index (χ3v) is 5.37. The molecule has 7 heteroatoms. The van der Waals surface area contributed by atoms with Gasteiger partial charge < -0.3 is 10.3 Å². The van der Waals surface area contributed by atoms with Crippen LogP contribution in [-0.2, 0) is 4.79 Å². The molecule has 0 bridgehead atoms. The summed E-state index contributed by atoms with van der Waals surface area (Å²) in [7, 11) is 0. The Labute approximate surface area is 166 Å². The maximum Gasteiger partial charge on any atom is 0.252 e. The van der Waals surface area contributed by atoms with E-state index in [1.54, 1.807) is 25.1 Å². The Morgan fingerprint density at radius 1 is 1.19 bits per heavy atom. The van der Waals surface area contributed by atoms with E-state index < -0.39 is 5.25 Å². The molecule has 0 aliphatic rings. The lowest BCUT2D eigenvalue weighted by Gasteiger charge is -2.14. The quantitative estimate of drug-likeness (QED) is 0.488. The first-order chi connectivity index (χ1) is 12.9. The molecule has 2 aromatic carbocycles. The van der Waals surface area contributed by atoms with Crippen LogP contribution in [0.5, 0.6) is 0 Å². The van der Waals surface area contributed by atoms with Crippen LogP contribution in [0, 0.1) is 6.92 Å².